The number of hydrogen-bond acceptors (Lipinski definition) is 0. The van der Waals surface area contributed by atoms with Crippen molar-refractivity contribution in [3.8, 4) is 0 Å². The van der Waals surface area contributed by atoms with Crippen molar-refractivity contribution in [1.29, 1.82) is 0 Å². The van der Waals surface area contributed by atoms with Gasteiger partial charge in [0.25, 0.3) is 0 Å². The molecule has 0 bridgehead atoms. The number of hydrogen-bond donors (Lipinski definition) is 0. The van der Waals surface area contributed by atoms with Gasteiger partial charge in [0.1, 0.15) is 0 Å². The van der Waals surface area contributed by atoms with Crippen LogP contribution in [0.5, 0.6) is 0 Å². The molecule has 0 heteroatoms. The SMILES string of the molecule is CC.CC.CC.CC1CCC(C)C1.CCCCCC. The molecule has 0 amide bonds. The highest BCUT2D eigenvalue weighted by molar-refractivity contribution is 4.68. The lowest BCUT2D eigenvalue weighted by Crippen LogP contribution is -1.84. The number of rotatable bonds is 3. The van der Waals surface area contributed by atoms with Gasteiger partial charge in [-0.05, 0) is 18.3 Å². The van der Waals surface area contributed by atoms with Crippen LogP contribution >= 0.6 is 0 Å². The molecular formula is C19H46. The van der Waals surface area contributed by atoms with Crippen molar-refractivity contribution < 1.29 is 0 Å². The first kappa shape index (κ1) is 27.4. The maximum Gasteiger partial charge on any atom is -0.0440 e. The fourth-order valence-electron chi connectivity index (χ4n) is 1.99. The minimum Gasteiger partial charge on any atom is -0.0683 e. The minimum atomic E-state index is 1.02. The molecule has 1 aliphatic rings. The van der Waals surface area contributed by atoms with Gasteiger partial charge < -0.3 is 0 Å². The predicted molar refractivity (Wildman–Crippen MR) is 96.0 cm³/mol. The summed E-state index contributed by atoms with van der Waals surface area (Å²) in [4.78, 5) is 0. The highest BCUT2D eigenvalue weighted by Crippen LogP contribution is 2.29. The molecule has 2 unspecified atom stereocenters. The lowest BCUT2D eigenvalue weighted by Gasteiger charge is -1.96. The van der Waals surface area contributed by atoms with Crippen LogP contribution in [0.3, 0.4) is 0 Å². The van der Waals surface area contributed by atoms with E-state index in [2.05, 4.69) is 27.7 Å². The molecular weight excluding hydrogens is 228 g/mol. The Morgan fingerprint density at radius 3 is 1.00 bits per heavy atom. The summed E-state index contributed by atoms with van der Waals surface area (Å²) in [6.45, 7) is 21.2. The highest BCUT2D eigenvalue weighted by atomic mass is 14.2. The largest absolute Gasteiger partial charge is 0.0683 e. The zero-order chi connectivity index (χ0) is 16.1. The van der Waals surface area contributed by atoms with Crippen LogP contribution in [0.1, 0.15) is 114 Å². The smallest absolute Gasteiger partial charge is 0.0440 e. The van der Waals surface area contributed by atoms with Gasteiger partial charge in [-0.25, -0.2) is 0 Å². The first-order valence-corrected chi connectivity index (χ1v) is 9.20. The van der Waals surface area contributed by atoms with Crippen molar-refractivity contribution in [2.45, 2.75) is 114 Å². The third kappa shape index (κ3) is 32.0. The van der Waals surface area contributed by atoms with Crippen molar-refractivity contribution in [3.05, 3.63) is 0 Å². The van der Waals surface area contributed by atoms with Gasteiger partial charge in [0.2, 0.25) is 0 Å². The van der Waals surface area contributed by atoms with Crippen molar-refractivity contribution >= 4 is 0 Å². The van der Waals surface area contributed by atoms with Gasteiger partial charge >= 0.3 is 0 Å². The van der Waals surface area contributed by atoms with Crippen LogP contribution in [-0.2, 0) is 0 Å². The predicted octanol–water partition coefficient (Wildman–Crippen LogP) is 8.11. The maximum atomic E-state index is 2.35. The quantitative estimate of drug-likeness (QED) is 0.456. The summed E-state index contributed by atoms with van der Waals surface area (Å²) in [6, 6.07) is 0. The van der Waals surface area contributed by atoms with Crippen LogP contribution in [0.25, 0.3) is 0 Å². The summed E-state index contributed by atoms with van der Waals surface area (Å²) in [5.74, 6) is 2.05. The van der Waals surface area contributed by atoms with E-state index in [0.717, 1.165) is 11.8 Å². The summed E-state index contributed by atoms with van der Waals surface area (Å²) in [5, 5.41) is 0. The Balaban J connectivity index is -0.0000000858. The lowest BCUT2D eigenvalue weighted by atomic mass is 10.1. The molecule has 0 aromatic carbocycles. The van der Waals surface area contributed by atoms with Gasteiger partial charge in [-0.15, -0.1) is 0 Å². The fourth-order valence-corrected chi connectivity index (χ4v) is 1.99. The van der Waals surface area contributed by atoms with E-state index in [4.69, 9.17) is 0 Å². The molecule has 1 aliphatic carbocycles. The van der Waals surface area contributed by atoms with Gasteiger partial charge in [-0.3, -0.25) is 0 Å². The second kappa shape index (κ2) is 30.8. The van der Waals surface area contributed by atoms with Crippen LogP contribution in [-0.4, -0.2) is 0 Å². The van der Waals surface area contributed by atoms with Gasteiger partial charge in [-0.2, -0.15) is 0 Å². The Bertz CT molecular complexity index is 84.2. The molecule has 0 nitrogen and oxygen atoms in total. The van der Waals surface area contributed by atoms with Crippen LogP contribution in [0.15, 0.2) is 0 Å². The molecule has 0 aliphatic heterocycles. The summed E-state index contributed by atoms with van der Waals surface area (Å²) in [6.07, 6.45) is 9.96. The van der Waals surface area contributed by atoms with Crippen LogP contribution in [0.2, 0.25) is 0 Å². The Morgan fingerprint density at radius 1 is 0.632 bits per heavy atom. The molecule has 0 saturated heterocycles. The van der Waals surface area contributed by atoms with E-state index < -0.39 is 0 Å². The van der Waals surface area contributed by atoms with Crippen molar-refractivity contribution in [2.24, 2.45) is 11.8 Å². The standard InChI is InChI=1S/C7H14.C6H14.3C2H6/c1-6-3-4-7(2)5-6;1-3-5-6-4-2;3*1-2/h6-7H,3-5H2,1-2H3;3-6H2,1-2H3;3*1-2H3. The van der Waals surface area contributed by atoms with Gasteiger partial charge in [0.15, 0.2) is 0 Å². The first-order chi connectivity index (χ1) is 9.20. The Labute approximate surface area is 126 Å². The highest BCUT2D eigenvalue weighted by Gasteiger charge is 2.15. The van der Waals surface area contributed by atoms with Crippen molar-refractivity contribution in [2.75, 3.05) is 0 Å². The van der Waals surface area contributed by atoms with E-state index >= 15 is 0 Å². The average Bonchev–Trinajstić information content (AvgIpc) is 2.87. The summed E-state index contributed by atoms with van der Waals surface area (Å²) >= 11 is 0. The molecule has 0 heterocycles. The van der Waals surface area contributed by atoms with Gasteiger partial charge in [-0.1, -0.05) is 108 Å². The van der Waals surface area contributed by atoms with Crippen LogP contribution in [0, 0.1) is 11.8 Å². The summed E-state index contributed by atoms with van der Waals surface area (Å²) in [7, 11) is 0. The Kier molecular flexibility index (Phi) is 44.3. The topological polar surface area (TPSA) is 0 Å². The molecule has 0 aromatic rings. The molecule has 1 saturated carbocycles. The van der Waals surface area contributed by atoms with Crippen molar-refractivity contribution in [3.63, 3.8) is 0 Å². The van der Waals surface area contributed by atoms with E-state index in [9.17, 15) is 0 Å². The van der Waals surface area contributed by atoms with Crippen LogP contribution < -0.4 is 0 Å². The second-order valence-electron chi connectivity index (χ2n) is 4.73. The molecule has 0 spiro atoms. The van der Waals surface area contributed by atoms with Gasteiger partial charge in [0, 0.05) is 0 Å². The third-order valence-electron chi connectivity index (χ3n) is 2.91. The molecule has 0 aromatic heterocycles. The molecule has 2 atom stereocenters. The van der Waals surface area contributed by atoms with Crippen LogP contribution in [0.4, 0.5) is 0 Å². The van der Waals surface area contributed by atoms with E-state index in [1.54, 1.807) is 0 Å². The Hall–Kier alpha value is 0. The van der Waals surface area contributed by atoms with E-state index in [0.29, 0.717) is 0 Å². The molecule has 1 fully saturated rings. The molecule has 122 valence electrons. The fraction of sp³-hybridized carbons (Fsp3) is 1.00. The zero-order valence-electron chi connectivity index (χ0n) is 16.1. The minimum absolute atomic E-state index is 1.02. The van der Waals surface area contributed by atoms with Crippen molar-refractivity contribution in [1.82, 2.24) is 0 Å². The summed E-state index contributed by atoms with van der Waals surface area (Å²) < 4.78 is 0. The van der Waals surface area contributed by atoms with E-state index in [-0.39, 0.29) is 0 Å². The molecule has 0 N–H and O–H groups in total. The Morgan fingerprint density at radius 2 is 0.895 bits per heavy atom. The third-order valence-corrected chi connectivity index (χ3v) is 2.91. The zero-order valence-corrected chi connectivity index (χ0v) is 16.1. The molecule has 0 radical (unpaired) electrons. The first-order valence-electron chi connectivity index (χ1n) is 9.20. The number of unbranched alkanes of at least 4 members (excludes halogenated alkanes) is 3. The molecule has 19 heavy (non-hydrogen) atoms. The average molecular weight is 275 g/mol. The lowest BCUT2D eigenvalue weighted by molar-refractivity contribution is 0.555. The van der Waals surface area contributed by atoms with E-state index in [1.807, 2.05) is 41.5 Å². The maximum absolute atomic E-state index is 2.35. The second-order valence-corrected chi connectivity index (χ2v) is 4.73. The molecule has 1 rings (SSSR count). The monoisotopic (exact) mass is 274 g/mol. The van der Waals surface area contributed by atoms with E-state index in [1.165, 1.54) is 44.9 Å². The summed E-state index contributed by atoms with van der Waals surface area (Å²) in [5.41, 5.74) is 0. The van der Waals surface area contributed by atoms with Gasteiger partial charge in [0.05, 0.1) is 0 Å². The normalized spacial score (nSPS) is 19.3.